The summed E-state index contributed by atoms with van der Waals surface area (Å²) in [6.07, 6.45) is 3.42. The van der Waals surface area contributed by atoms with Crippen molar-refractivity contribution in [2.24, 2.45) is 4.99 Å². The second kappa shape index (κ2) is 11.7. The van der Waals surface area contributed by atoms with Crippen LogP contribution in [0.3, 0.4) is 0 Å². The summed E-state index contributed by atoms with van der Waals surface area (Å²) in [5.74, 6) is -0.183. The molecule has 0 spiro atoms. The first-order chi connectivity index (χ1) is 18.2. The van der Waals surface area contributed by atoms with Crippen molar-refractivity contribution in [1.82, 2.24) is 4.90 Å². The predicted octanol–water partition coefficient (Wildman–Crippen LogP) is 7.02. The molecule has 6 nitrogen and oxygen atoms in total. The van der Waals surface area contributed by atoms with E-state index in [1.54, 1.807) is 20.1 Å². The number of benzene rings is 2. The van der Waals surface area contributed by atoms with Gasteiger partial charge in [-0.1, -0.05) is 24.6 Å². The number of allylic oxidation sites excluding steroid dienone is 1. The summed E-state index contributed by atoms with van der Waals surface area (Å²) < 4.78 is 42.4. The van der Waals surface area contributed by atoms with Gasteiger partial charge in [-0.15, -0.1) is 11.3 Å². The number of hydrogen-bond acceptors (Lipinski definition) is 6. The third-order valence-electron chi connectivity index (χ3n) is 6.58. The molecule has 1 atom stereocenters. The van der Waals surface area contributed by atoms with Gasteiger partial charge < -0.3 is 20.1 Å². The van der Waals surface area contributed by atoms with Gasteiger partial charge in [0.1, 0.15) is 28.5 Å². The predicted molar refractivity (Wildman–Crippen MR) is 150 cm³/mol. The first-order valence-corrected chi connectivity index (χ1v) is 13.5. The van der Waals surface area contributed by atoms with Gasteiger partial charge in [0.15, 0.2) is 0 Å². The molecule has 0 aliphatic carbocycles. The lowest BCUT2D eigenvalue weighted by atomic mass is 9.94. The van der Waals surface area contributed by atoms with E-state index in [2.05, 4.69) is 0 Å². The Balaban J connectivity index is 1.95. The summed E-state index contributed by atoms with van der Waals surface area (Å²) in [5.41, 5.74) is 7.30. The van der Waals surface area contributed by atoms with E-state index in [9.17, 15) is 9.65 Å². The molecule has 2 aromatic carbocycles. The fourth-order valence-corrected chi connectivity index (χ4v) is 5.81. The number of amidine groups is 1. The first-order valence-electron chi connectivity index (χ1n) is 12.3. The SMILES string of the molecule is CC/C=C(/N=C(\c1cc(Cl)c(-c2ccc(F)c3sc(N)c(C#N)c23)c(F)c1C)N1CCOC(C)CC1)OC. The lowest BCUT2D eigenvalue weighted by molar-refractivity contribution is 0.0768. The summed E-state index contributed by atoms with van der Waals surface area (Å²) in [6.45, 7) is 7.36. The molecule has 0 amide bonds. The average Bonchev–Trinajstić information content (AvgIpc) is 3.09. The topological polar surface area (TPSA) is 83.9 Å². The van der Waals surface area contributed by atoms with E-state index < -0.39 is 11.6 Å². The van der Waals surface area contributed by atoms with Crippen molar-refractivity contribution >= 4 is 43.9 Å². The van der Waals surface area contributed by atoms with E-state index in [1.165, 1.54) is 12.1 Å². The Kier molecular flexibility index (Phi) is 8.56. The number of aliphatic imine (C=N–C) groups is 1. The molecule has 1 aliphatic heterocycles. The van der Waals surface area contributed by atoms with Crippen LogP contribution in [0.1, 0.15) is 43.4 Å². The van der Waals surface area contributed by atoms with Gasteiger partial charge in [-0.3, -0.25) is 0 Å². The molecular weight excluding hydrogens is 530 g/mol. The summed E-state index contributed by atoms with van der Waals surface area (Å²) in [4.78, 5) is 6.82. The quantitative estimate of drug-likeness (QED) is 0.207. The highest BCUT2D eigenvalue weighted by atomic mass is 35.5. The Morgan fingerprint density at radius 3 is 2.84 bits per heavy atom. The van der Waals surface area contributed by atoms with E-state index in [-0.39, 0.29) is 37.3 Å². The molecule has 0 saturated carbocycles. The average molecular weight is 559 g/mol. The molecule has 200 valence electrons. The van der Waals surface area contributed by atoms with Gasteiger partial charge in [0.25, 0.3) is 0 Å². The number of nitrogens with zero attached hydrogens (tertiary/aromatic N) is 3. The fourth-order valence-electron chi connectivity index (χ4n) is 4.57. The molecule has 1 aliphatic rings. The van der Waals surface area contributed by atoms with Crippen LogP contribution in [0.15, 0.2) is 35.2 Å². The second-order valence-corrected chi connectivity index (χ2v) is 10.5. The number of halogens is 3. The lowest BCUT2D eigenvalue weighted by Gasteiger charge is -2.26. The summed E-state index contributed by atoms with van der Waals surface area (Å²) in [7, 11) is 1.54. The van der Waals surface area contributed by atoms with Crippen LogP contribution in [0, 0.1) is 29.9 Å². The van der Waals surface area contributed by atoms with E-state index in [0.29, 0.717) is 54.5 Å². The Bertz CT molecular complexity index is 1480. The van der Waals surface area contributed by atoms with Crippen LogP contribution in [-0.2, 0) is 9.47 Å². The minimum atomic E-state index is -0.584. The zero-order valence-corrected chi connectivity index (χ0v) is 23.3. The number of hydrogen-bond donors (Lipinski definition) is 1. The van der Waals surface area contributed by atoms with Crippen molar-refractivity contribution in [2.75, 3.05) is 32.5 Å². The van der Waals surface area contributed by atoms with Crippen LogP contribution < -0.4 is 5.73 Å². The van der Waals surface area contributed by atoms with Crippen LogP contribution in [0.4, 0.5) is 13.8 Å². The van der Waals surface area contributed by atoms with Crippen molar-refractivity contribution in [3.05, 3.63) is 63.5 Å². The number of rotatable bonds is 5. The molecule has 3 aromatic rings. The molecular formula is C28H29ClF2N4O2S. The highest BCUT2D eigenvalue weighted by Crippen LogP contribution is 2.44. The van der Waals surface area contributed by atoms with Crippen LogP contribution in [0.25, 0.3) is 21.2 Å². The van der Waals surface area contributed by atoms with E-state index in [0.717, 1.165) is 17.8 Å². The van der Waals surface area contributed by atoms with Gasteiger partial charge >= 0.3 is 0 Å². The smallest absolute Gasteiger partial charge is 0.210 e. The largest absolute Gasteiger partial charge is 0.481 e. The van der Waals surface area contributed by atoms with Gasteiger partial charge in [0.2, 0.25) is 5.88 Å². The zero-order chi connectivity index (χ0) is 27.6. The number of nitrogens with two attached hydrogens (primary N) is 1. The zero-order valence-electron chi connectivity index (χ0n) is 21.7. The van der Waals surface area contributed by atoms with Crippen molar-refractivity contribution < 1.29 is 18.3 Å². The molecule has 0 radical (unpaired) electrons. The molecule has 1 saturated heterocycles. The van der Waals surface area contributed by atoms with Gasteiger partial charge in [-0.2, -0.15) is 10.3 Å². The summed E-state index contributed by atoms with van der Waals surface area (Å²) >= 11 is 7.72. The molecule has 1 aromatic heterocycles. The maximum absolute atomic E-state index is 16.3. The molecule has 2 heterocycles. The molecule has 1 unspecified atom stereocenters. The Morgan fingerprint density at radius 1 is 1.39 bits per heavy atom. The van der Waals surface area contributed by atoms with Crippen molar-refractivity contribution in [3.63, 3.8) is 0 Å². The maximum atomic E-state index is 16.3. The van der Waals surface area contributed by atoms with Crippen LogP contribution in [-0.4, -0.2) is 43.6 Å². The Morgan fingerprint density at radius 2 is 2.16 bits per heavy atom. The highest BCUT2D eigenvalue weighted by molar-refractivity contribution is 7.23. The van der Waals surface area contributed by atoms with Crippen LogP contribution in [0.2, 0.25) is 5.02 Å². The Hall–Kier alpha value is -3.19. The van der Waals surface area contributed by atoms with Crippen molar-refractivity contribution in [2.45, 2.75) is 39.7 Å². The van der Waals surface area contributed by atoms with Crippen LogP contribution >= 0.6 is 22.9 Å². The van der Waals surface area contributed by atoms with Gasteiger partial charge in [0, 0.05) is 29.6 Å². The number of nitrogen functional groups attached to an aromatic ring is 1. The van der Waals surface area contributed by atoms with Gasteiger partial charge in [-0.25, -0.2) is 8.78 Å². The van der Waals surface area contributed by atoms with E-state index in [4.69, 9.17) is 31.8 Å². The number of methoxy groups -OCH3 is 1. The lowest BCUT2D eigenvalue weighted by Crippen LogP contribution is -2.35. The summed E-state index contributed by atoms with van der Waals surface area (Å²) in [5, 5.41) is 10.2. The number of ether oxygens (including phenoxy) is 2. The first kappa shape index (κ1) is 27.8. The molecule has 1 fully saturated rings. The minimum absolute atomic E-state index is 0.0791. The molecule has 4 rings (SSSR count). The van der Waals surface area contributed by atoms with Gasteiger partial charge in [-0.05, 0) is 56.0 Å². The van der Waals surface area contributed by atoms with E-state index >= 15 is 4.39 Å². The molecule has 38 heavy (non-hydrogen) atoms. The second-order valence-electron chi connectivity index (χ2n) is 9.02. The highest BCUT2D eigenvalue weighted by Gasteiger charge is 2.27. The third-order valence-corrected chi connectivity index (χ3v) is 7.90. The number of fused-ring (bicyclic) bond motifs is 1. The number of anilines is 1. The third kappa shape index (κ3) is 5.21. The number of nitriles is 1. The Labute approximate surface area is 229 Å². The monoisotopic (exact) mass is 558 g/mol. The molecule has 0 bridgehead atoms. The summed E-state index contributed by atoms with van der Waals surface area (Å²) in [6, 6.07) is 6.36. The molecule has 2 N–H and O–H groups in total. The minimum Gasteiger partial charge on any atom is -0.481 e. The number of thiophene rings is 1. The van der Waals surface area contributed by atoms with Crippen LogP contribution in [0.5, 0.6) is 0 Å². The molecule has 10 heteroatoms. The van der Waals surface area contributed by atoms with Gasteiger partial charge in [0.05, 0.1) is 35.1 Å². The fraction of sp³-hybridized carbons (Fsp3) is 0.357. The van der Waals surface area contributed by atoms with Crippen molar-refractivity contribution in [3.8, 4) is 17.2 Å². The van der Waals surface area contributed by atoms with E-state index in [1.807, 2.05) is 30.9 Å². The van der Waals surface area contributed by atoms with Crippen molar-refractivity contribution in [1.29, 1.82) is 5.26 Å². The maximum Gasteiger partial charge on any atom is 0.210 e. The standard InChI is InChI=1S/C28H29ClF2N4O2S/c1-5-6-22(36-4)34-28(35-10-9-15(2)37-12-11-35)18-13-20(29)24(25(31)16(18)3)17-7-8-21(30)26-23(17)19(14-32)27(33)38-26/h6-8,13,15H,5,9-12,33H2,1-4H3/b22-6-,34-28+. The normalized spacial score (nSPS) is 17.0.